The molecule has 2 rings (SSSR count). The molecule has 0 amide bonds. The molecule has 5 heteroatoms. The van der Waals surface area contributed by atoms with Crippen LogP contribution < -0.4 is 5.32 Å². The number of hydrogen-bond acceptors (Lipinski definition) is 4. The summed E-state index contributed by atoms with van der Waals surface area (Å²) < 4.78 is 23.5. The Balaban J connectivity index is 1.87. The van der Waals surface area contributed by atoms with E-state index in [9.17, 15) is 13.5 Å². The molecule has 0 aromatic heterocycles. The van der Waals surface area contributed by atoms with Crippen molar-refractivity contribution in [1.29, 1.82) is 0 Å². The van der Waals surface area contributed by atoms with Gasteiger partial charge in [0.25, 0.3) is 0 Å². The normalized spacial score (nSPS) is 36.5. The van der Waals surface area contributed by atoms with Crippen LogP contribution in [0.4, 0.5) is 0 Å². The highest BCUT2D eigenvalue weighted by Crippen LogP contribution is 2.30. The van der Waals surface area contributed by atoms with Crippen molar-refractivity contribution in [3.8, 4) is 0 Å². The molecule has 0 bridgehead atoms. The van der Waals surface area contributed by atoms with Crippen molar-refractivity contribution in [3.05, 3.63) is 0 Å². The van der Waals surface area contributed by atoms with E-state index in [1.807, 2.05) is 0 Å². The van der Waals surface area contributed by atoms with Crippen LogP contribution in [-0.4, -0.2) is 44.2 Å². The smallest absolute Gasteiger partial charge is 0.151 e. The van der Waals surface area contributed by atoms with Gasteiger partial charge in [0.2, 0.25) is 0 Å². The molecular formula is C14H27NO3S. The van der Waals surface area contributed by atoms with Gasteiger partial charge >= 0.3 is 0 Å². The van der Waals surface area contributed by atoms with Gasteiger partial charge in [0.05, 0.1) is 5.25 Å². The molecule has 0 aromatic carbocycles. The fourth-order valence-corrected chi connectivity index (χ4v) is 5.19. The van der Waals surface area contributed by atoms with E-state index >= 15 is 0 Å². The maximum atomic E-state index is 11.7. The van der Waals surface area contributed by atoms with Crippen molar-refractivity contribution in [2.45, 2.75) is 56.2 Å². The highest BCUT2D eigenvalue weighted by molar-refractivity contribution is 7.91. The summed E-state index contributed by atoms with van der Waals surface area (Å²) in [6.07, 6.45) is 8.86. The van der Waals surface area contributed by atoms with Crippen LogP contribution in [0.1, 0.15) is 44.9 Å². The maximum Gasteiger partial charge on any atom is 0.151 e. The third-order valence-corrected chi connectivity index (χ3v) is 6.61. The highest BCUT2D eigenvalue weighted by Gasteiger charge is 2.35. The largest absolute Gasteiger partial charge is 0.396 e. The summed E-state index contributed by atoms with van der Waals surface area (Å²) in [4.78, 5) is 0. The van der Waals surface area contributed by atoms with Gasteiger partial charge in [-0.1, -0.05) is 19.3 Å². The summed E-state index contributed by atoms with van der Waals surface area (Å²) in [6.45, 7) is 1.13. The van der Waals surface area contributed by atoms with Gasteiger partial charge in [-0.2, -0.15) is 0 Å². The van der Waals surface area contributed by atoms with E-state index in [0.29, 0.717) is 11.8 Å². The third kappa shape index (κ3) is 3.92. The summed E-state index contributed by atoms with van der Waals surface area (Å²) in [5, 5.41) is 12.7. The minimum atomic E-state index is -2.94. The molecule has 2 saturated carbocycles. The number of aliphatic hydroxyl groups is 1. The van der Waals surface area contributed by atoms with Crippen molar-refractivity contribution >= 4 is 9.84 Å². The van der Waals surface area contributed by atoms with Crippen LogP contribution in [0.25, 0.3) is 0 Å². The molecule has 19 heavy (non-hydrogen) atoms. The van der Waals surface area contributed by atoms with E-state index in [1.54, 1.807) is 0 Å². The molecule has 4 nitrogen and oxygen atoms in total. The minimum absolute atomic E-state index is 0.122. The second-order valence-corrected chi connectivity index (χ2v) is 8.57. The van der Waals surface area contributed by atoms with Crippen LogP contribution in [0.15, 0.2) is 0 Å². The molecule has 0 heterocycles. The van der Waals surface area contributed by atoms with E-state index in [1.165, 1.54) is 19.1 Å². The standard InChI is InChI=1S/C14H27NO3S/c1-19(17,18)14-8-4-7-13(14)15-9-11-5-2-3-6-12(11)10-16/h11-16H,2-10H2,1H3. The van der Waals surface area contributed by atoms with Crippen molar-refractivity contribution in [1.82, 2.24) is 5.32 Å². The summed E-state index contributed by atoms with van der Waals surface area (Å²) >= 11 is 0. The Hall–Kier alpha value is -0.130. The summed E-state index contributed by atoms with van der Waals surface area (Å²) in [5.74, 6) is 0.916. The van der Waals surface area contributed by atoms with Crippen molar-refractivity contribution in [2.24, 2.45) is 11.8 Å². The van der Waals surface area contributed by atoms with Crippen LogP contribution in [0, 0.1) is 11.8 Å². The zero-order chi connectivity index (χ0) is 13.9. The Labute approximate surface area is 116 Å². The van der Waals surface area contributed by atoms with Gasteiger partial charge in [0.1, 0.15) is 0 Å². The number of hydrogen-bond donors (Lipinski definition) is 2. The second kappa shape index (κ2) is 6.55. The molecule has 4 unspecified atom stereocenters. The van der Waals surface area contributed by atoms with Crippen LogP contribution >= 0.6 is 0 Å². The molecule has 0 saturated heterocycles. The molecule has 4 atom stereocenters. The lowest BCUT2D eigenvalue weighted by atomic mass is 9.79. The molecule has 0 aromatic rings. The molecule has 112 valence electrons. The third-order valence-electron chi connectivity index (χ3n) is 4.95. The SMILES string of the molecule is CS(=O)(=O)C1CCCC1NCC1CCCCC1CO. The lowest BCUT2D eigenvalue weighted by Gasteiger charge is -2.32. The molecule has 0 aliphatic heterocycles. The first-order valence-corrected chi connectivity index (χ1v) is 9.51. The predicted octanol–water partition coefficient (Wildman–Crippen LogP) is 1.34. The van der Waals surface area contributed by atoms with E-state index in [4.69, 9.17) is 0 Å². The Morgan fingerprint density at radius 2 is 1.74 bits per heavy atom. The summed E-state index contributed by atoms with van der Waals surface area (Å²) in [7, 11) is -2.94. The zero-order valence-electron chi connectivity index (χ0n) is 11.8. The van der Waals surface area contributed by atoms with E-state index in [2.05, 4.69) is 5.32 Å². The van der Waals surface area contributed by atoms with Gasteiger partial charge < -0.3 is 10.4 Å². The van der Waals surface area contributed by atoms with E-state index in [-0.39, 0.29) is 17.9 Å². The number of rotatable bonds is 5. The minimum Gasteiger partial charge on any atom is -0.396 e. The Kier molecular flexibility index (Phi) is 5.26. The second-order valence-electron chi connectivity index (χ2n) is 6.30. The van der Waals surface area contributed by atoms with Crippen molar-refractivity contribution < 1.29 is 13.5 Å². The first-order chi connectivity index (χ1) is 9.02. The van der Waals surface area contributed by atoms with Gasteiger partial charge in [0, 0.05) is 18.9 Å². The molecular weight excluding hydrogens is 262 g/mol. The molecule has 0 radical (unpaired) electrons. The molecule has 2 aliphatic carbocycles. The predicted molar refractivity (Wildman–Crippen MR) is 76.8 cm³/mol. The highest BCUT2D eigenvalue weighted by atomic mass is 32.2. The van der Waals surface area contributed by atoms with Gasteiger partial charge in [-0.05, 0) is 44.1 Å². The first kappa shape index (κ1) is 15.3. The zero-order valence-corrected chi connectivity index (χ0v) is 12.7. The lowest BCUT2D eigenvalue weighted by Crippen LogP contribution is -2.43. The molecule has 2 fully saturated rings. The van der Waals surface area contributed by atoms with E-state index < -0.39 is 9.84 Å². The number of aliphatic hydroxyl groups excluding tert-OH is 1. The maximum absolute atomic E-state index is 11.7. The van der Waals surface area contributed by atoms with Gasteiger partial charge in [-0.25, -0.2) is 8.42 Å². The van der Waals surface area contributed by atoms with Gasteiger partial charge in [-0.15, -0.1) is 0 Å². The van der Waals surface area contributed by atoms with Crippen molar-refractivity contribution in [2.75, 3.05) is 19.4 Å². The summed E-state index contributed by atoms with van der Waals surface area (Å²) in [5.41, 5.74) is 0. The molecule has 0 spiro atoms. The quantitative estimate of drug-likeness (QED) is 0.801. The van der Waals surface area contributed by atoms with Gasteiger partial charge in [-0.3, -0.25) is 0 Å². The lowest BCUT2D eigenvalue weighted by molar-refractivity contribution is 0.131. The van der Waals surface area contributed by atoms with Crippen LogP contribution in [0.3, 0.4) is 0 Å². The molecule has 2 aliphatic rings. The number of nitrogens with one attached hydrogen (secondary N) is 1. The van der Waals surface area contributed by atoms with Gasteiger partial charge in [0.15, 0.2) is 9.84 Å². The van der Waals surface area contributed by atoms with Crippen molar-refractivity contribution in [3.63, 3.8) is 0 Å². The summed E-state index contributed by atoms with van der Waals surface area (Å²) in [6, 6.07) is 0.122. The van der Waals surface area contributed by atoms with E-state index in [0.717, 1.165) is 38.6 Å². The average molecular weight is 289 g/mol. The fourth-order valence-electron chi connectivity index (χ4n) is 3.77. The Morgan fingerprint density at radius 1 is 1.05 bits per heavy atom. The van der Waals surface area contributed by atoms with Crippen LogP contribution in [0.2, 0.25) is 0 Å². The fraction of sp³-hybridized carbons (Fsp3) is 1.00. The first-order valence-electron chi connectivity index (χ1n) is 7.55. The number of sulfone groups is 1. The Bertz CT molecular complexity index is 382. The average Bonchev–Trinajstić information content (AvgIpc) is 2.85. The topological polar surface area (TPSA) is 66.4 Å². The monoisotopic (exact) mass is 289 g/mol. The van der Waals surface area contributed by atoms with Crippen LogP contribution in [-0.2, 0) is 9.84 Å². The van der Waals surface area contributed by atoms with Crippen LogP contribution in [0.5, 0.6) is 0 Å². The Morgan fingerprint density at radius 3 is 2.37 bits per heavy atom. The molecule has 2 N–H and O–H groups in total.